The minimum Gasteiger partial charge on any atom is -0.493 e. The number of hydrogen-bond acceptors (Lipinski definition) is 4. The Labute approximate surface area is 126 Å². The quantitative estimate of drug-likeness (QED) is 0.570. The number of benzene rings is 1. The third-order valence-corrected chi connectivity index (χ3v) is 4.02. The summed E-state index contributed by atoms with van der Waals surface area (Å²) in [6.07, 6.45) is 1.49. The zero-order valence-electron chi connectivity index (χ0n) is 13.3. The summed E-state index contributed by atoms with van der Waals surface area (Å²) >= 11 is 0. The molecule has 4 heteroatoms. The maximum Gasteiger partial charge on any atom is 0.341 e. The normalized spacial score (nSPS) is 27.2. The summed E-state index contributed by atoms with van der Waals surface area (Å²) in [5.74, 6) is 0.491. The molecule has 0 spiro atoms. The van der Waals surface area contributed by atoms with Crippen molar-refractivity contribution < 1.29 is 19.0 Å². The van der Waals surface area contributed by atoms with E-state index in [0.29, 0.717) is 19.6 Å². The molecule has 0 amide bonds. The molecule has 0 aliphatic carbocycles. The van der Waals surface area contributed by atoms with Gasteiger partial charge in [0.25, 0.3) is 0 Å². The standard InChI is InChI=1S/C17H24O4/c1-5-12-17(15(18)20-7-3)16(4,21-17)13-10-8-9-11-14(13)19-6-2/h8-11H,5-7,12H2,1-4H3. The molecule has 1 saturated heterocycles. The minimum absolute atomic E-state index is 0.277. The molecule has 0 radical (unpaired) electrons. The van der Waals surface area contributed by atoms with Crippen molar-refractivity contribution in [3.8, 4) is 5.75 Å². The molecule has 0 saturated carbocycles. The molecule has 1 fully saturated rings. The number of esters is 1. The van der Waals surface area contributed by atoms with Gasteiger partial charge in [0, 0.05) is 5.56 Å². The molecule has 116 valence electrons. The van der Waals surface area contributed by atoms with Crippen LogP contribution in [0.4, 0.5) is 0 Å². The molecule has 1 aliphatic heterocycles. The van der Waals surface area contributed by atoms with Crippen LogP contribution in [0.2, 0.25) is 0 Å². The second-order valence-electron chi connectivity index (χ2n) is 5.36. The Bertz CT molecular complexity index is 513. The van der Waals surface area contributed by atoms with Gasteiger partial charge in [-0.05, 0) is 33.3 Å². The van der Waals surface area contributed by atoms with E-state index >= 15 is 0 Å². The Morgan fingerprint density at radius 3 is 2.52 bits per heavy atom. The molecule has 2 atom stereocenters. The topological polar surface area (TPSA) is 48.1 Å². The van der Waals surface area contributed by atoms with Crippen LogP contribution in [0, 0.1) is 0 Å². The first-order valence-corrected chi connectivity index (χ1v) is 7.65. The summed E-state index contributed by atoms with van der Waals surface area (Å²) in [5, 5.41) is 0. The third kappa shape index (κ3) is 2.53. The van der Waals surface area contributed by atoms with E-state index in [1.165, 1.54) is 0 Å². The van der Waals surface area contributed by atoms with Gasteiger partial charge in [0.05, 0.1) is 13.2 Å². The Kier molecular flexibility index (Phi) is 4.57. The van der Waals surface area contributed by atoms with Crippen LogP contribution in [0.15, 0.2) is 24.3 Å². The van der Waals surface area contributed by atoms with Crippen LogP contribution in [-0.4, -0.2) is 24.8 Å². The summed E-state index contributed by atoms with van der Waals surface area (Å²) in [4.78, 5) is 12.4. The molecular weight excluding hydrogens is 268 g/mol. The van der Waals surface area contributed by atoms with Crippen molar-refractivity contribution in [2.24, 2.45) is 0 Å². The zero-order chi connectivity index (χ0) is 15.5. The van der Waals surface area contributed by atoms with E-state index < -0.39 is 11.2 Å². The fraction of sp³-hybridized carbons (Fsp3) is 0.588. The first-order valence-electron chi connectivity index (χ1n) is 7.65. The molecule has 4 nitrogen and oxygen atoms in total. The van der Waals surface area contributed by atoms with Gasteiger partial charge in [-0.25, -0.2) is 4.79 Å². The van der Waals surface area contributed by atoms with Crippen LogP contribution in [0.3, 0.4) is 0 Å². The summed E-state index contributed by atoms with van der Waals surface area (Å²) in [6.45, 7) is 8.67. The van der Waals surface area contributed by atoms with Gasteiger partial charge in [-0.15, -0.1) is 0 Å². The number of carbonyl (C=O) groups is 1. The predicted octanol–water partition coefficient (Wildman–Crippen LogP) is 3.43. The van der Waals surface area contributed by atoms with Crippen molar-refractivity contribution in [2.75, 3.05) is 13.2 Å². The molecule has 2 rings (SSSR count). The number of epoxide rings is 1. The van der Waals surface area contributed by atoms with Gasteiger partial charge in [0.2, 0.25) is 0 Å². The lowest BCUT2D eigenvalue weighted by Crippen LogP contribution is -2.33. The van der Waals surface area contributed by atoms with Crippen LogP contribution in [0.1, 0.15) is 46.1 Å². The highest BCUT2D eigenvalue weighted by Gasteiger charge is 2.73. The van der Waals surface area contributed by atoms with Crippen molar-refractivity contribution >= 4 is 5.97 Å². The highest BCUT2D eigenvalue weighted by atomic mass is 16.7. The molecule has 0 N–H and O–H groups in total. The zero-order valence-corrected chi connectivity index (χ0v) is 13.3. The molecule has 0 aromatic heterocycles. The summed E-state index contributed by atoms with van der Waals surface area (Å²) < 4.78 is 16.9. The highest BCUT2D eigenvalue weighted by molar-refractivity contribution is 5.85. The van der Waals surface area contributed by atoms with Crippen LogP contribution < -0.4 is 4.74 Å². The second kappa shape index (κ2) is 6.06. The number of hydrogen-bond donors (Lipinski definition) is 0. The molecule has 1 aromatic rings. The van der Waals surface area contributed by atoms with Crippen molar-refractivity contribution in [2.45, 2.75) is 51.7 Å². The molecular formula is C17H24O4. The third-order valence-electron chi connectivity index (χ3n) is 4.02. The smallest absolute Gasteiger partial charge is 0.341 e. The van der Waals surface area contributed by atoms with Crippen LogP contribution in [0.25, 0.3) is 0 Å². The van der Waals surface area contributed by atoms with E-state index in [0.717, 1.165) is 17.7 Å². The van der Waals surface area contributed by atoms with Gasteiger partial charge in [-0.1, -0.05) is 31.5 Å². The van der Waals surface area contributed by atoms with Gasteiger partial charge in [-0.2, -0.15) is 0 Å². The average Bonchev–Trinajstić information content (AvgIpc) is 3.08. The Morgan fingerprint density at radius 2 is 1.90 bits per heavy atom. The number of carbonyl (C=O) groups excluding carboxylic acids is 1. The number of rotatable bonds is 7. The van der Waals surface area contributed by atoms with E-state index in [2.05, 4.69) is 0 Å². The first kappa shape index (κ1) is 15.8. The van der Waals surface area contributed by atoms with Crippen molar-refractivity contribution in [3.63, 3.8) is 0 Å². The molecule has 1 aliphatic rings. The fourth-order valence-electron chi connectivity index (χ4n) is 2.97. The van der Waals surface area contributed by atoms with Gasteiger partial charge in [-0.3, -0.25) is 0 Å². The molecule has 1 aromatic carbocycles. The lowest BCUT2D eigenvalue weighted by Gasteiger charge is -2.18. The average molecular weight is 292 g/mol. The van der Waals surface area contributed by atoms with E-state index in [9.17, 15) is 4.79 Å². The second-order valence-corrected chi connectivity index (χ2v) is 5.36. The lowest BCUT2D eigenvalue weighted by atomic mass is 9.84. The largest absolute Gasteiger partial charge is 0.493 e. The highest BCUT2D eigenvalue weighted by Crippen LogP contribution is 2.60. The minimum atomic E-state index is -0.884. The first-order chi connectivity index (χ1) is 10.1. The molecule has 0 bridgehead atoms. The summed E-state index contributed by atoms with van der Waals surface area (Å²) in [5.41, 5.74) is -0.653. The van der Waals surface area contributed by atoms with Crippen LogP contribution in [0.5, 0.6) is 5.75 Å². The monoisotopic (exact) mass is 292 g/mol. The van der Waals surface area contributed by atoms with Crippen molar-refractivity contribution in [1.29, 1.82) is 0 Å². The number of para-hydroxylation sites is 1. The van der Waals surface area contributed by atoms with E-state index in [-0.39, 0.29) is 5.97 Å². The van der Waals surface area contributed by atoms with Crippen LogP contribution >= 0.6 is 0 Å². The van der Waals surface area contributed by atoms with Gasteiger partial charge < -0.3 is 14.2 Å². The van der Waals surface area contributed by atoms with E-state index in [4.69, 9.17) is 14.2 Å². The van der Waals surface area contributed by atoms with Gasteiger partial charge >= 0.3 is 5.97 Å². The molecule has 2 unspecified atom stereocenters. The summed E-state index contributed by atoms with van der Waals surface area (Å²) in [7, 11) is 0. The Hall–Kier alpha value is -1.55. The molecule has 21 heavy (non-hydrogen) atoms. The SMILES string of the molecule is CCCC1(C(=O)OCC)OC1(C)c1ccccc1OCC. The van der Waals surface area contributed by atoms with Crippen molar-refractivity contribution in [1.82, 2.24) is 0 Å². The maximum absolute atomic E-state index is 12.4. The Balaban J connectivity index is 2.37. The molecule has 1 heterocycles. The van der Waals surface area contributed by atoms with Crippen molar-refractivity contribution in [3.05, 3.63) is 29.8 Å². The fourth-order valence-corrected chi connectivity index (χ4v) is 2.97. The van der Waals surface area contributed by atoms with Gasteiger partial charge in [0.1, 0.15) is 11.4 Å². The van der Waals surface area contributed by atoms with E-state index in [1.54, 1.807) is 0 Å². The van der Waals surface area contributed by atoms with Gasteiger partial charge in [0.15, 0.2) is 5.60 Å². The maximum atomic E-state index is 12.4. The predicted molar refractivity (Wildman–Crippen MR) is 80.3 cm³/mol. The summed E-state index contributed by atoms with van der Waals surface area (Å²) in [6, 6.07) is 7.73. The lowest BCUT2D eigenvalue weighted by molar-refractivity contribution is -0.149. The Morgan fingerprint density at radius 1 is 1.19 bits per heavy atom. The van der Waals surface area contributed by atoms with Crippen LogP contribution in [-0.2, 0) is 19.9 Å². The number of ether oxygens (including phenoxy) is 3. The van der Waals surface area contributed by atoms with E-state index in [1.807, 2.05) is 52.0 Å².